The summed E-state index contributed by atoms with van der Waals surface area (Å²) in [5, 5.41) is 22.6. The van der Waals surface area contributed by atoms with Gasteiger partial charge >= 0.3 is 0 Å². The molecule has 0 fully saturated rings. The van der Waals surface area contributed by atoms with Crippen LogP contribution >= 0.6 is 11.3 Å². The normalized spacial score (nSPS) is 17.6. The van der Waals surface area contributed by atoms with Gasteiger partial charge in [0.2, 0.25) is 0 Å². The van der Waals surface area contributed by atoms with Crippen LogP contribution < -0.4 is 4.90 Å². The topological polar surface area (TPSA) is 66.6 Å². The Hall–Kier alpha value is -1.92. The molecule has 1 aromatic carbocycles. The van der Waals surface area contributed by atoms with Crippen molar-refractivity contribution in [1.29, 1.82) is 0 Å². The number of thiophene rings is 1. The van der Waals surface area contributed by atoms with Crippen LogP contribution in [-0.4, -0.2) is 16.6 Å². The van der Waals surface area contributed by atoms with E-state index in [2.05, 4.69) is 23.3 Å². The number of hydrogen-bond donors (Lipinski definition) is 1. The second-order valence-corrected chi connectivity index (χ2v) is 6.16. The highest BCUT2D eigenvalue weighted by atomic mass is 32.1. The van der Waals surface area contributed by atoms with Crippen molar-refractivity contribution in [2.75, 3.05) is 11.4 Å². The van der Waals surface area contributed by atoms with Gasteiger partial charge in [0.25, 0.3) is 5.69 Å². The van der Waals surface area contributed by atoms with E-state index in [1.54, 1.807) is 23.5 Å². The van der Waals surface area contributed by atoms with E-state index in [-0.39, 0.29) is 23.3 Å². The largest absolute Gasteiger partial charge is 0.392 e. The molecule has 1 atom stereocenters. The molecule has 1 aromatic heterocycles. The van der Waals surface area contributed by atoms with Gasteiger partial charge in [-0.2, -0.15) is 0 Å². The standard InChI is InChI=1S/C15H16N2O3S/c1-10-12-5-7-21-15(12)4-6-16(10)13-3-2-11(9-18)8-14(13)17(19)20/h2-3,5,7-8,10,18H,4,6,9H2,1H3. The van der Waals surface area contributed by atoms with E-state index in [1.165, 1.54) is 16.5 Å². The third kappa shape index (κ3) is 2.41. The van der Waals surface area contributed by atoms with Gasteiger partial charge in [-0.15, -0.1) is 11.3 Å². The van der Waals surface area contributed by atoms with E-state index in [0.29, 0.717) is 11.3 Å². The molecule has 0 radical (unpaired) electrons. The first kappa shape index (κ1) is 14.0. The molecule has 0 saturated carbocycles. The Morgan fingerprint density at radius 2 is 2.29 bits per heavy atom. The fourth-order valence-electron chi connectivity index (χ4n) is 2.90. The van der Waals surface area contributed by atoms with E-state index >= 15 is 0 Å². The van der Waals surface area contributed by atoms with Crippen molar-refractivity contribution in [3.05, 3.63) is 55.8 Å². The zero-order valence-electron chi connectivity index (χ0n) is 11.7. The van der Waals surface area contributed by atoms with Crippen LogP contribution in [0.2, 0.25) is 0 Å². The summed E-state index contributed by atoms with van der Waals surface area (Å²) < 4.78 is 0. The third-order valence-electron chi connectivity index (χ3n) is 4.01. The zero-order chi connectivity index (χ0) is 15.0. The summed E-state index contributed by atoms with van der Waals surface area (Å²) in [6.45, 7) is 2.66. The van der Waals surface area contributed by atoms with Gasteiger partial charge < -0.3 is 10.0 Å². The number of aliphatic hydroxyl groups is 1. The predicted octanol–water partition coefficient (Wildman–Crippen LogP) is 3.27. The number of rotatable bonds is 3. The minimum Gasteiger partial charge on any atom is -0.392 e. The fourth-order valence-corrected chi connectivity index (χ4v) is 3.86. The van der Waals surface area contributed by atoms with Crippen molar-refractivity contribution < 1.29 is 10.0 Å². The van der Waals surface area contributed by atoms with Gasteiger partial charge in [-0.05, 0) is 42.0 Å². The van der Waals surface area contributed by atoms with Crippen molar-refractivity contribution in [1.82, 2.24) is 0 Å². The van der Waals surface area contributed by atoms with Gasteiger partial charge in [-0.1, -0.05) is 6.07 Å². The Bertz CT molecular complexity index is 683. The molecular weight excluding hydrogens is 288 g/mol. The Morgan fingerprint density at radius 3 is 3.00 bits per heavy atom. The van der Waals surface area contributed by atoms with E-state index < -0.39 is 0 Å². The molecule has 6 heteroatoms. The van der Waals surface area contributed by atoms with Gasteiger partial charge in [0.1, 0.15) is 5.69 Å². The average Bonchev–Trinajstić information content (AvgIpc) is 2.96. The monoisotopic (exact) mass is 304 g/mol. The smallest absolute Gasteiger partial charge is 0.292 e. The fraction of sp³-hybridized carbons (Fsp3) is 0.333. The molecule has 0 bridgehead atoms. The first-order chi connectivity index (χ1) is 10.1. The first-order valence-corrected chi connectivity index (χ1v) is 7.71. The van der Waals surface area contributed by atoms with E-state index in [0.717, 1.165) is 13.0 Å². The maximum absolute atomic E-state index is 11.3. The molecule has 1 unspecified atom stereocenters. The van der Waals surface area contributed by atoms with Crippen LogP contribution in [0.5, 0.6) is 0 Å². The summed E-state index contributed by atoms with van der Waals surface area (Å²) in [5.74, 6) is 0. The minimum atomic E-state index is -0.371. The molecule has 0 saturated heterocycles. The van der Waals surface area contributed by atoms with E-state index in [4.69, 9.17) is 5.11 Å². The van der Waals surface area contributed by atoms with Crippen LogP contribution in [-0.2, 0) is 13.0 Å². The van der Waals surface area contributed by atoms with Crippen LogP contribution in [0.25, 0.3) is 0 Å². The Balaban J connectivity index is 2.03. The summed E-state index contributed by atoms with van der Waals surface area (Å²) >= 11 is 1.75. The molecule has 2 heterocycles. The van der Waals surface area contributed by atoms with Crippen LogP contribution in [0.3, 0.4) is 0 Å². The lowest BCUT2D eigenvalue weighted by Gasteiger charge is -2.35. The average molecular weight is 304 g/mol. The summed E-state index contributed by atoms with van der Waals surface area (Å²) in [5.41, 5.74) is 2.51. The second-order valence-electron chi connectivity index (χ2n) is 5.16. The number of aliphatic hydroxyl groups excluding tert-OH is 1. The summed E-state index contributed by atoms with van der Waals surface area (Å²) in [6.07, 6.45) is 0.913. The highest BCUT2D eigenvalue weighted by molar-refractivity contribution is 7.10. The minimum absolute atomic E-state index is 0.0621. The molecule has 5 nitrogen and oxygen atoms in total. The van der Waals surface area contributed by atoms with E-state index in [9.17, 15) is 10.1 Å². The predicted molar refractivity (Wildman–Crippen MR) is 82.8 cm³/mol. The number of nitro benzene ring substituents is 1. The van der Waals surface area contributed by atoms with Gasteiger partial charge in [0, 0.05) is 17.5 Å². The first-order valence-electron chi connectivity index (χ1n) is 6.83. The Labute approximate surface area is 126 Å². The quantitative estimate of drug-likeness (QED) is 0.698. The molecule has 1 aliphatic heterocycles. The SMILES string of the molecule is CC1c2ccsc2CCN1c1ccc(CO)cc1[N+](=O)[O-]. The zero-order valence-corrected chi connectivity index (χ0v) is 12.5. The molecular formula is C15H16N2O3S. The van der Waals surface area contributed by atoms with Gasteiger partial charge in [-0.25, -0.2) is 0 Å². The molecule has 1 N–H and O–H groups in total. The number of nitrogens with zero attached hydrogens (tertiary/aromatic N) is 2. The van der Waals surface area contributed by atoms with Crippen molar-refractivity contribution in [3.8, 4) is 0 Å². The molecule has 0 spiro atoms. The maximum Gasteiger partial charge on any atom is 0.292 e. The molecule has 1 aliphatic rings. The lowest BCUT2D eigenvalue weighted by atomic mass is 10.00. The van der Waals surface area contributed by atoms with Crippen molar-refractivity contribution in [2.45, 2.75) is 26.0 Å². The number of hydrogen-bond acceptors (Lipinski definition) is 5. The molecule has 2 aromatic rings. The molecule has 21 heavy (non-hydrogen) atoms. The Kier molecular flexibility index (Phi) is 3.65. The summed E-state index contributed by atoms with van der Waals surface area (Å²) in [6, 6.07) is 7.18. The van der Waals surface area contributed by atoms with Crippen LogP contribution in [0, 0.1) is 10.1 Å². The second kappa shape index (κ2) is 5.46. The number of anilines is 1. The molecule has 3 rings (SSSR count). The van der Waals surface area contributed by atoms with Crippen LogP contribution in [0.1, 0.15) is 29.0 Å². The lowest BCUT2D eigenvalue weighted by Crippen LogP contribution is -2.33. The van der Waals surface area contributed by atoms with Crippen molar-refractivity contribution in [3.63, 3.8) is 0 Å². The lowest BCUT2D eigenvalue weighted by molar-refractivity contribution is -0.384. The van der Waals surface area contributed by atoms with Crippen LogP contribution in [0.4, 0.5) is 11.4 Å². The summed E-state index contributed by atoms with van der Waals surface area (Å²) in [7, 11) is 0. The maximum atomic E-state index is 11.3. The molecule has 0 amide bonds. The van der Waals surface area contributed by atoms with Crippen molar-refractivity contribution >= 4 is 22.7 Å². The van der Waals surface area contributed by atoms with E-state index in [1.807, 2.05) is 0 Å². The van der Waals surface area contributed by atoms with Crippen LogP contribution in [0.15, 0.2) is 29.6 Å². The summed E-state index contributed by atoms with van der Waals surface area (Å²) in [4.78, 5) is 14.4. The highest BCUT2D eigenvalue weighted by Gasteiger charge is 2.29. The van der Waals surface area contributed by atoms with Gasteiger partial charge in [0.15, 0.2) is 0 Å². The number of fused-ring (bicyclic) bond motifs is 1. The number of nitro groups is 1. The molecule has 0 aliphatic carbocycles. The highest BCUT2D eigenvalue weighted by Crippen LogP contribution is 2.39. The van der Waals surface area contributed by atoms with Crippen molar-refractivity contribution in [2.24, 2.45) is 0 Å². The third-order valence-corrected chi connectivity index (χ3v) is 5.00. The molecule has 110 valence electrons. The van der Waals surface area contributed by atoms with Gasteiger partial charge in [0.05, 0.1) is 17.6 Å². The Morgan fingerprint density at radius 1 is 1.48 bits per heavy atom. The van der Waals surface area contributed by atoms with Gasteiger partial charge in [-0.3, -0.25) is 10.1 Å². The number of benzene rings is 1.